The molecule has 1 heterocycles. The van der Waals surface area contributed by atoms with Gasteiger partial charge in [-0.05, 0) is 25.2 Å². The number of piperidine rings is 1. The average molecular weight is 112 g/mol. The lowest BCUT2D eigenvalue weighted by atomic mass is 10.1. The van der Waals surface area contributed by atoms with Gasteiger partial charge in [0, 0.05) is 12.6 Å². The van der Waals surface area contributed by atoms with Crippen molar-refractivity contribution in [3.63, 3.8) is 0 Å². The lowest BCUT2D eigenvalue weighted by molar-refractivity contribution is -0.176. The zero-order chi connectivity index (χ0) is 5.56. The summed E-state index contributed by atoms with van der Waals surface area (Å²) in [5, 5.41) is 12.0. The average Bonchev–Trinajstić information content (AvgIpc) is 2.23. The molecule has 0 aromatic rings. The van der Waals surface area contributed by atoms with Crippen LogP contribution in [0, 0.1) is 5.92 Å². The van der Waals surface area contributed by atoms with Crippen LogP contribution < -0.4 is 0 Å². The normalized spacial score (nSPS) is 46.1. The molecule has 2 aliphatic rings. The Labute approximate surface area is 49.1 Å². The van der Waals surface area contributed by atoms with Crippen LogP contribution in [-0.4, -0.2) is 17.6 Å². The molecule has 0 aromatic heterocycles. The van der Waals surface area contributed by atoms with Crippen molar-refractivity contribution in [3.8, 4) is 0 Å². The first-order chi connectivity index (χ1) is 3.86. The van der Waals surface area contributed by atoms with E-state index < -0.39 is 0 Å². The molecular weight excluding hydrogens is 102 g/mol. The van der Waals surface area contributed by atoms with Crippen LogP contribution in [0.1, 0.15) is 19.3 Å². The van der Waals surface area contributed by atoms with Gasteiger partial charge in [-0.25, -0.2) is 0 Å². The van der Waals surface area contributed by atoms with Crippen LogP contribution in [-0.2, 0) is 5.21 Å². The molecule has 8 heavy (non-hydrogen) atoms. The van der Waals surface area contributed by atoms with E-state index in [-0.39, 0.29) is 0 Å². The predicted molar refractivity (Wildman–Crippen MR) is 28.5 cm³/mol. The van der Waals surface area contributed by atoms with E-state index in [0.717, 1.165) is 18.9 Å². The summed E-state index contributed by atoms with van der Waals surface area (Å²) in [6.07, 6.45) is 3.65. The Kier molecular flexibility index (Phi) is 0.866. The van der Waals surface area contributed by atoms with Gasteiger partial charge in [0.05, 0.1) is 0 Å². The molecule has 1 aliphatic heterocycles. The minimum Gasteiger partial charge on any atom is -0.152 e. The Bertz CT molecular complexity index is 103. The molecule has 45 valence electrons. The fraction of sp³-hybridized carbons (Fsp3) is 1.00. The van der Waals surface area contributed by atoms with Gasteiger partial charge in [-0.3, -0.25) is 0 Å². The lowest BCUT2D eigenvalue weighted by Crippen LogP contribution is -2.26. The van der Waals surface area contributed by atoms with Gasteiger partial charge in [-0.1, -0.05) is 0 Å². The molecule has 2 rings (SSSR count). The van der Waals surface area contributed by atoms with E-state index in [0.29, 0.717) is 6.04 Å². The molecule has 2 nitrogen and oxygen atoms in total. The summed E-state index contributed by atoms with van der Waals surface area (Å²) in [5.74, 6) is 0.762. The summed E-state index contributed by atoms with van der Waals surface area (Å²) >= 11 is 0. The third-order valence-electron chi connectivity index (χ3n) is 2.36. The number of hydrogen-bond acceptors (Lipinski definition) is 1. The number of hydroxylamine groups is 2. The first kappa shape index (κ1) is 4.77. The Morgan fingerprint density at radius 3 is 2.50 bits per heavy atom. The highest BCUT2D eigenvalue weighted by atomic mass is 16.5. The second-order valence-electron chi connectivity index (χ2n) is 2.93. The Hall–Kier alpha value is -0.0800. The van der Waals surface area contributed by atoms with Gasteiger partial charge in [0.25, 0.3) is 0 Å². The highest BCUT2D eigenvalue weighted by Crippen LogP contribution is 2.35. The molecule has 1 saturated carbocycles. The van der Waals surface area contributed by atoms with Gasteiger partial charge < -0.3 is 0 Å². The van der Waals surface area contributed by atoms with Gasteiger partial charge >= 0.3 is 0 Å². The predicted octanol–water partition coefficient (Wildman–Crippen LogP) is 0.816. The van der Waals surface area contributed by atoms with Crippen LogP contribution in [0.2, 0.25) is 0 Å². The van der Waals surface area contributed by atoms with E-state index in [4.69, 9.17) is 0 Å². The monoisotopic (exact) mass is 112 g/mol. The Morgan fingerprint density at radius 1 is 1.38 bits per heavy atom. The minimum absolute atomic E-state index is 0.417. The number of fused-ring (bicyclic) bond motifs is 2. The van der Waals surface area contributed by atoms with E-state index in [1.165, 1.54) is 17.9 Å². The molecule has 0 aromatic carbocycles. The Morgan fingerprint density at radius 2 is 2.25 bits per heavy atom. The van der Waals surface area contributed by atoms with Gasteiger partial charge in [-0.2, -0.15) is 5.06 Å². The summed E-state index contributed by atoms with van der Waals surface area (Å²) < 4.78 is 0. The second-order valence-corrected chi connectivity index (χ2v) is 2.93. The molecule has 2 fully saturated rings. The summed E-state index contributed by atoms with van der Waals surface area (Å²) in [6.45, 7) is 0.824. The molecule has 2 unspecified atom stereocenters. The van der Waals surface area contributed by atoms with Crippen molar-refractivity contribution in [2.45, 2.75) is 25.3 Å². The molecular formula is C6H10NO. The van der Waals surface area contributed by atoms with Gasteiger partial charge in [0.15, 0.2) is 0 Å². The fourth-order valence-corrected chi connectivity index (χ4v) is 1.88. The molecule has 0 N–H and O–H groups in total. The van der Waals surface area contributed by atoms with Crippen molar-refractivity contribution in [1.82, 2.24) is 5.06 Å². The standard InChI is InChI=1S/C6H10NO/c8-7-4-5-1-2-6(7)3-5/h5-6H,1-4H2. The van der Waals surface area contributed by atoms with Crippen LogP contribution in [0.3, 0.4) is 0 Å². The summed E-state index contributed by atoms with van der Waals surface area (Å²) in [7, 11) is 0. The van der Waals surface area contributed by atoms with E-state index >= 15 is 0 Å². The topological polar surface area (TPSA) is 23.1 Å². The van der Waals surface area contributed by atoms with Gasteiger partial charge in [-0.15, -0.1) is 5.21 Å². The smallest absolute Gasteiger partial charge is 0.0386 e. The maximum absolute atomic E-state index is 10.8. The summed E-state index contributed by atoms with van der Waals surface area (Å²) in [6, 6.07) is 0.417. The highest BCUT2D eigenvalue weighted by Gasteiger charge is 2.37. The first-order valence-corrected chi connectivity index (χ1v) is 3.30. The third kappa shape index (κ3) is 0.501. The molecule has 2 heteroatoms. The van der Waals surface area contributed by atoms with Crippen LogP contribution >= 0.6 is 0 Å². The zero-order valence-electron chi connectivity index (χ0n) is 4.84. The van der Waals surface area contributed by atoms with Gasteiger partial charge in [0.2, 0.25) is 0 Å². The minimum atomic E-state index is 0.417. The number of nitrogens with zero attached hydrogens (tertiary/aromatic N) is 1. The SMILES string of the molecule is [O]N1CC2CCC1C2. The van der Waals surface area contributed by atoms with E-state index in [9.17, 15) is 5.21 Å². The largest absolute Gasteiger partial charge is 0.152 e. The van der Waals surface area contributed by atoms with Crippen molar-refractivity contribution >= 4 is 0 Å². The van der Waals surface area contributed by atoms with E-state index in [1.807, 2.05) is 0 Å². The fourth-order valence-electron chi connectivity index (χ4n) is 1.88. The molecule has 2 atom stereocenters. The second kappa shape index (κ2) is 1.45. The van der Waals surface area contributed by atoms with Crippen LogP contribution in [0.4, 0.5) is 0 Å². The van der Waals surface area contributed by atoms with Crippen molar-refractivity contribution < 1.29 is 5.21 Å². The Balaban J connectivity index is 2.11. The molecule has 1 aliphatic carbocycles. The summed E-state index contributed by atoms with van der Waals surface area (Å²) in [5.41, 5.74) is 0. The van der Waals surface area contributed by atoms with Gasteiger partial charge in [0.1, 0.15) is 0 Å². The van der Waals surface area contributed by atoms with E-state index in [1.54, 1.807) is 0 Å². The van der Waals surface area contributed by atoms with Crippen molar-refractivity contribution in [2.75, 3.05) is 6.54 Å². The third-order valence-corrected chi connectivity index (χ3v) is 2.36. The van der Waals surface area contributed by atoms with Crippen LogP contribution in [0.5, 0.6) is 0 Å². The van der Waals surface area contributed by atoms with Crippen molar-refractivity contribution in [3.05, 3.63) is 0 Å². The number of hydrogen-bond donors (Lipinski definition) is 0. The maximum atomic E-state index is 10.8. The highest BCUT2D eigenvalue weighted by molar-refractivity contribution is 4.87. The van der Waals surface area contributed by atoms with Crippen molar-refractivity contribution in [1.29, 1.82) is 0 Å². The van der Waals surface area contributed by atoms with E-state index in [2.05, 4.69) is 0 Å². The zero-order valence-corrected chi connectivity index (χ0v) is 4.84. The molecule has 0 spiro atoms. The van der Waals surface area contributed by atoms with Crippen molar-refractivity contribution in [2.24, 2.45) is 5.92 Å². The quantitative estimate of drug-likeness (QED) is 0.455. The van der Waals surface area contributed by atoms with Crippen LogP contribution in [0.25, 0.3) is 0 Å². The maximum Gasteiger partial charge on any atom is 0.0386 e. The molecule has 1 saturated heterocycles. The molecule has 2 bridgehead atoms. The number of rotatable bonds is 0. The molecule has 0 amide bonds. The first-order valence-electron chi connectivity index (χ1n) is 3.30. The lowest BCUT2D eigenvalue weighted by Gasteiger charge is -2.15. The molecule has 1 radical (unpaired) electrons. The summed E-state index contributed by atoms with van der Waals surface area (Å²) in [4.78, 5) is 0. The van der Waals surface area contributed by atoms with Crippen LogP contribution in [0.15, 0.2) is 0 Å².